The predicted octanol–water partition coefficient (Wildman–Crippen LogP) is 19.8. The van der Waals surface area contributed by atoms with Crippen LogP contribution < -0.4 is 10.2 Å². The molecule has 0 rings (SSSR count). The average Bonchev–Trinajstić information content (AvgIpc) is 3.39. The van der Waals surface area contributed by atoms with Gasteiger partial charge in [0.25, 0.3) is 7.82 Å². The van der Waals surface area contributed by atoms with Crippen LogP contribution in [0.1, 0.15) is 316 Å². The number of carbonyl (C=O) groups is 2. The van der Waals surface area contributed by atoms with Gasteiger partial charge >= 0.3 is 5.97 Å². The summed E-state index contributed by atoms with van der Waals surface area (Å²) in [5.74, 6) is -0.537. The second kappa shape index (κ2) is 57.2. The lowest BCUT2D eigenvalue weighted by Crippen LogP contribution is -2.47. The van der Waals surface area contributed by atoms with Crippen molar-refractivity contribution in [2.24, 2.45) is 0 Å². The number of unbranched alkanes of at least 4 members (excludes halogenated alkanes) is 38. The predicted molar refractivity (Wildman–Crippen MR) is 330 cm³/mol. The Hall–Kier alpha value is -2.03. The Morgan fingerprint density at radius 3 is 1.21 bits per heavy atom. The van der Waals surface area contributed by atoms with Crippen molar-refractivity contribution in [2.75, 3.05) is 40.9 Å². The number of nitrogens with one attached hydrogen (secondary N) is 1. The molecule has 0 fully saturated rings. The van der Waals surface area contributed by atoms with Gasteiger partial charge in [-0.3, -0.25) is 14.2 Å². The minimum Gasteiger partial charge on any atom is -0.756 e. The summed E-state index contributed by atoms with van der Waals surface area (Å²) >= 11 is 0. The second-order valence-corrected chi connectivity index (χ2v) is 25.0. The van der Waals surface area contributed by atoms with Crippen LogP contribution in [0, 0.1) is 0 Å². The molecule has 452 valence electrons. The maximum absolute atomic E-state index is 13.6. The largest absolute Gasteiger partial charge is 0.756 e. The highest BCUT2D eigenvalue weighted by Crippen LogP contribution is 2.38. The minimum atomic E-state index is -4.70. The first kappa shape index (κ1) is 75.0. The first-order valence-corrected chi connectivity index (χ1v) is 34.4. The monoisotopic (exact) mass is 1100 g/mol. The third-order valence-corrected chi connectivity index (χ3v) is 15.7. The third kappa shape index (κ3) is 58.4. The molecular weight excluding hydrogens is 976 g/mol. The SMILES string of the molecule is CCCCC/C=C\C/C=C\CCCCCCCCCCCCCC(=O)OC(/C=C/CCCCCCCCCCCCC)C(COP(=O)([O-])OCC[N+](C)(C)C)NC(=O)CCCCCCCCC/C=C/CCCCCCCC. The number of hydrogen-bond donors (Lipinski definition) is 1. The smallest absolute Gasteiger partial charge is 0.306 e. The lowest BCUT2D eigenvalue weighted by Gasteiger charge is -2.30. The fraction of sp³-hybridized carbons (Fsp3) is 0.851. The Morgan fingerprint density at radius 1 is 0.455 bits per heavy atom. The Kier molecular flexibility index (Phi) is 55.7. The van der Waals surface area contributed by atoms with E-state index in [1.54, 1.807) is 0 Å². The quantitative estimate of drug-likeness (QED) is 0.0212. The number of nitrogens with zero attached hydrogens (tertiary/aromatic N) is 1. The number of phosphoric acid groups is 1. The van der Waals surface area contributed by atoms with E-state index in [0.29, 0.717) is 17.4 Å². The van der Waals surface area contributed by atoms with Crippen molar-refractivity contribution in [3.8, 4) is 0 Å². The first-order valence-electron chi connectivity index (χ1n) is 32.9. The van der Waals surface area contributed by atoms with Crippen molar-refractivity contribution in [2.45, 2.75) is 328 Å². The van der Waals surface area contributed by atoms with Gasteiger partial charge in [-0.15, -0.1) is 0 Å². The van der Waals surface area contributed by atoms with Crippen molar-refractivity contribution in [3.63, 3.8) is 0 Å². The molecule has 0 aromatic carbocycles. The van der Waals surface area contributed by atoms with E-state index in [0.717, 1.165) is 77.0 Å². The number of phosphoric ester groups is 1. The van der Waals surface area contributed by atoms with Gasteiger partial charge in [0.05, 0.1) is 33.8 Å². The number of ether oxygens (including phenoxy) is 1. The lowest BCUT2D eigenvalue weighted by atomic mass is 10.0. The summed E-state index contributed by atoms with van der Waals surface area (Å²) < 4.78 is 30.4. The van der Waals surface area contributed by atoms with Gasteiger partial charge in [-0.05, 0) is 89.5 Å². The first-order chi connectivity index (χ1) is 37.4. The van der Waals surface area contributed by atoms with E-state index in [1.165, 1.54) is 205 Å². The molecule has 0 aromatic heterocycles. The number of hydrogen-bond acceptors (Lipinski definition) is 7. The highest BCUT2D eigenvalue weighted by molar-refractivity contribution is 7.45. The Balaban J connectivity index is 5.21. The number of allylic oxidation sites excluding steroid dienone is 7. The number of likely N-dealkylation sites (N-methyl/N-ethyl adjacent to an activating group) is 1. The van der Waals surface area contributed by atoms with Crippen LogP contribution in [0.15, 0.2) is 48.6 Å². The number of esters is 1. The fourth-order valence-corrected chi connectivity index (χ4v) is 10.3. The maximum atomic E-state index is 13.6. The van der Waals surface area contributed by atoms with Crippen LogP contribution in [0.25, 0.3) is 0 Å². The molecule has 3 unspecified atom stereocenters. The zero-order chi connectivity index (χ0) is 56.4. The van der Waals surface area contributed by atoms with Crippen LogP contribution in [0.2, 0.25) is 0 Å². The van der Waals surface area contributed by atoms with Crippen LogP contribution in [0.5, 0.6) is 0 Å². The topological polar surface area (TPSA) is 114 Å². The molecule has 9 nitrogen and oxygen atoms in total. The molecule has 0 aromatic rings. The summed E-state index contributed by atoms with van der Waals surface area (Å²) in [5.41, 5.74) is 0. The van der Waals surface area contributed by atoms with Crippen molar-refractivity contribution >= 4 is 19.7 Å². The molecule has 0 spiro atoms. The van der Waals surface area contributed by atoms with Crippen molar-refractivity contribution in [1.82, 2.24) is 5.32 Å². The Bertz CT molecular complexity index is 1460. The maximum Gasteiger partial charge on any atom is 0.306 e. The van der Waals surface area contributed by atoms with Gasteiger partial charge in [0.15, 0.2) is 0 Å². The zero-order valence-electron chi connectivity index (χ0n) is 51.7. The molecule has 0 saturated carbocycles. The highest BCUT2D eigenvalue weighted by Gasteiger charge is 2.27. The summed E-state index contributed by atoms with van der Waals surface area (Å²) in [5, 5.41) is 3.04. The summed E-state index contributed by atoms with van der Waals surface area (Å²) in [6.45, 7) is 6.85. The van der Waals surface area contributed by atoms with Gasteiger partial charge in [-0.1, -0.05) is 262 Å². The highest BCUT2D eigenvalue weighted by atomic mass is 31.2. The molecule has 0 aliphatic carbocycles. The number of quaternary nitrogens is 1. The van der Waals surface area contributed by atoms with Crippen LogP contribution in [0.3, 0.4) is 0 Å². The van der Waals surface area contributed by atoms with Crippen LogP contribution in [0.4, 0.5) is 0 Å². The van der Waals surface area contributed by atoms with Gasteiger partial charge in [-0.25, -0.2) is 0 Å². The number of rotatable bonds is 60. The van der Waals surface area contributed by atoms with E-state index in [-0.39, 0.29) is 31.5 Å². The molecule has 1 amide bonds. The molecule has 0 bridgehead atoms. The molecule has 0 saturated heterocycles. The fourth-order valence-electron chi connectivity index (χ4n) is 9.61. The molecule has 0 aliphatic rings. The molecule has 77 heavy (non-hydrogen) atoms. The molecule has 0 radical (unpaired) electrons. The van der Waals surface area contributed by atoms with E-state index in [2.05, 4.69) is 62.5 Å². The molecule has 0 heterocycles. The van der Waals surface area contributed by atoms with Crippen LogP contribution >= 0.6 is 7.82 Å². The zero-order valence-corrected chi connectivity index (χ0v) is 52.6. The average molecular weight is 1100 g/mol. The van der Waals surface area contributed by atoms with E-state index in [9.17, 15) is 19.0 Å². The van der Waals surface area contributed by atoms with Gasteiger partial charge < -0.3 is 28.5 Å². The molecule has 3 atom stereocenters. The van der Waals surface area contributed by atoms with E-state index < -0.39 is 20.0 Å². The molecule has 0 aliphatic heterocycles. The summed E-state index contributed by atoms with van der Waals surface area (Å²) in [6.07, 6.45) is 70.7. The Morgan fingerprint density at radius 2 is 0.792 bits per heavy atom. The lowest BCUT2D eigenvalue weighted by molar-refractivity contribution is -0.870. The molecular formula is C67H127N2O7P. The molecule has 1 N–H and O–H groups in total. The Labute approximate surface area is 478 Å². The van der Waals surface area contributed by atoms with Crippen LogP contribution in [-0.2, 0) is 27.9 Å². The number of carbonyl (C=O) groups excluding carboxylic acids is 2. The summed E-state index contributed by atoms with van der Waals surface area (Å²) in [6, 6.07) is -0.890. The third-order valence-electron chi connectivity index (χ3n) is 14.7. The van der Waals surface area contributed by atoms with E-state index >= 15 is 0 Å². The summed E-state index contributed by atoms with van der Waals surface area (Å²) in [7, 11) is 1.19. The van der Waals surface area contributed by atoms with Gasteiger partial charge in [0, 0.05) is 12.8 Å². The van der Waals surface area contributed by atoms with E-state index in [4.69, 9.17) is 13.8 Å². The van der Waals surface area contributed by atoms with E-state index in [1.807, 2.05) is 33.3 Å². The van der Waals surface area contributed by atoms with Crippen LogP contribution in [-0.4, -0.2) is 69.4 Å². The molecule has 10 heteroatoms. The van der Waals surface area contributed by atoms with Crippen molar-refractivity contribution in [3.05, 3.63) is 48.6 Å². The van der Waals surface area contributed by atoms with Gasteiger partial charge in [0.2, 0.25) is 5.91 Å². The minimum absolute atomic E-state index is 0.0226. The number of amides is 1. The van der Waals surface area contributed by atoms with Crippen molar-refractivity contribution in [1.29, 1.82) is 0 Å². The summed E-state index contributed by atoms with van der Waals surface area (Å²) in [4.78, 5) is 40.1. The van der Waals surface area contributed by atoms with Gasteiger partial charge in [0.1, 0.15) is 19.3 Å². The normalized spacial score (nSPS) is 13.9. The standard InChI is InChI=1S/C67H127N2O7P/c1-7-10-13-16-19-22-25-28-30-32-33-34-35-37-39-42-45-48-51-54-57-60-67(71)76-65(58-55-52-49-46-43-40-27-24-21-18-15-12-9-3)64(63-75-77(72,73)74-62-61-69(4,5)6)68-66(70)59-56-53-50-47-44-41-38-36-31-29-26-23-20-17-14-11-8-2/h19,22,28-31,55,58,64-65H,7-18,20-21,23-27,32-54,56-57,59-63H2,1-6H3,(H-,68,70,72,73)/b22-19-,30-28-,31-29+,58-55+. The second-order valence-electron chi connectivity index (χ2n) is 23.6. The van der Waals surface area contributed by atoms with Crippen molar-refractivity contribution < 1.29 is 37.3 Å². The van der Waals surface area contributed by atoms with Gasteiger partial charge in [-0.2, -0.15) is 0 Å².